The summed E-state index contributed by atoms with van der Waals surface area (Å²) < 4.78 is 28.3. The van der Waals surface area contributed by atoms with E-state index < -0.39 is 10.2 Å². The van der Waals surface area contributed by atoms with Gasteiger partial charge in [-0.05, 0) is 32.7 Å². The van der Waals surface area contributed by atoms with E-state index in [2.05, 4.69) is 17.0 Å². The molecule has 0 spiro atoms. The average molecular weight is 300 g/mol. The summed E-state index contributed by atoms with van der Waals surface area (Å²) in [6.07, 6.45) is 3.84. The third-order valence-corrected chi connectivity index (χ3v) is 4.90. The Morgan fingerprint density at radius 1 is 1.44 bits per heavy atom. The molecule has 18 heavy (non-hydrogen) atoms. The Balaban J connectivity index is 0.00000289. The van der Waals surface area contributed by atoms with E-state index in [0.29, 0.717) is 6.54 Å². The highest BCUT2D eigenvalue weighted by Gasteiger charge is 2.27. The fourth-order valence-corrected chi connectivity index (χ4v) is 3.24. The first-order valence-corrected chi connectivity index (χ1v) is 7.88. The molecule has 0 amide bonds. The maximum Gasteiger partial charge on any atom is 0.279 e. The zero-order valence-corrected chi connectivity index (χ0v) is 13.1. The van der Waals surface area contributed by atoms with E-state index in [1.165, 1.54) is 4.31 Å². The second kappa shape index (κ2) is 8.32. The van der Waals surface area contributed by atoms with Gasteiger partial charge in [-0.15, -0.1) is 12.4 Å². The van der Waals surface area contributed by atoms with Crippen LogP contribution in [0.25, 0.3) is 0 Å². The van der Waals surface area contributed by atoms with Gasteiger partial charge in [-0.1, -0.05) is 13.3 Å². The summed E-state index contributed by atoms with van der Waals surface area (Å²) in [6.45, 7) is 5.64. The lowest BCUT2D eigenvalue weighted by atomic mass is 10.0. The molecule has 1 heterocycles. The van der Waals surface area contributed by atoms with E-state index in [1.807, 2.05) is 6.92 Å². The Morgan fingerprint density at radius 3 is 2.67 bits per heavy atom. The summed E-state index contributed by atoms with van der Waals surface area (Å²) in [5, 5.41) is 3.29. The molecule has 0 radical (unpaired) electrons. The molecule has 1 rings (SSSR count). The minimum Gasteiger partial charge on any atom is -0.313 e. The van der Waals surface area contributed by atoms with Crippen molar-refractivity contribution in [2.75, 3.05) is 20.1 Å². The van der Waals surface area contributed by atoms with Crippen LogP contribution in [0.15, 0.2) is 0 Å². The molecule has 0 aromatic heterocycles. The maximum absolute atomic E-state index is 12.0. The van der Waals surface area contributed by atoms with Gasteiger partial charge >= 0.3 is 0 Å². The van der Waals surface area contributed by atoms with Crippen molar-refractivity contribution in [1.29, 1.82) is 0 Å². The summed E-state index contributed by atoms with van der Waals surface area (Å²) in [6, 6.07) is 0.218. The molecular weight excluding hydrogens is 274 g/mol. The summed E-state index contributed by atoms with van der Waals surface area (Å²) in [7, 11) is -1.68. The van der Waals surface area contributed by atoms with Crippen LogP contribution in [0.4, 0.5) is 0 Å². The lowest BCUT2D eigenvalue weighted by Crippen LogP contribution is -2.54. The first-order chi connectivity index (χ1) is 7.97. The van der Waals surface area contributed by atoms with Crippen LogP contribution < -0.4 is 10.0 Å². The van der Waals surface area contributed by atoms with Gasteiger partial charge in [-0.25, -0.2) is 0 Å². The van der Waals surface area contributed by atoms with Crippen molar-refractivity contribution in [2.45, 2.75) is 51.6 Å². The molecule has 5 nitrogen and oxygen atoms in total. The Labute approximate surface area is 117 Å². The number of piperidine rings is 1. The third kappa shape index (κ3) is 5.40. The fraction of sp³-hybridized carbons (Fsp3) is 1.00. The molecule has 1 saturated heterocycles. The van der Waals surface area contributed by atoms with E-state index in [-0.39, 0.29) is 24.5 Å². The Bertz CT molecular complexity index is 324. The Hall–Kier alpha value is 0.120. The number of halogens is 1. The zero-order chi connectivity index (χ0) is 12.9. The molecule has 110 valence electrons. The molecule has 0 aromatic rings. The molecule has 1 aliphatic heterocycles. The van der Waals surface area contributed by atoms with Crippen molar-refractivity contribution >= 4 is 22.6 Å². The number of hydrogen-bond acceptors (Lipinski definition) is 3. The normalized spacial score (nSPS) is 24.9. The predicted octanol–water partition coefficient (Wildman–Crippen LogP) is 1.11. The highest BCUT2D eigenvalue weighted by Crippen LogP contribution is 2.10. The van der Waals surface area contributed by atoms with Gasteiger partial charge in [0.2, 0.25) is 0 Å². The Kier molecular flexibility index (Phi) is 8.38. The first-order valence-electron chi connectivity index (χ1n) is 6.44. The molecule has 0 bridgehead atoms. The van der Waals surface area contributed by atoms with Gasteiger partial charge in [-0.2, -0.15) is 17.4 Å². The fourth-order valence-electron chi connectivity index (χ4n) is 1.99. The topological polar surface area (TPSA) is 61.4 Å². The molecule has 7 heteroatoms. The van der Waals surface area contributed by atoms with Gasteiger partial charge in [0, 0.05) is 25.7 Å². The molecule has 0 saturated carbocycles. The van der Waals surface area contributed by atoms with Crippen LogP contribution in [-0.4, -0.2) is 44.9 Å². The molecular formula is C11H26ClN3O2S. The smallest absolute Gasteiger partial charge is 0.279 e. The molecule has 2 N–H and O–H groups in total. The number of unbranched alkanes of at least 4 members (excludes halogenated alkanes) is 1. The van der Waals surface area contributed by atoms with Crippen LogP contribution in [0.3, 0.4) is 0 Å². The van der Waals surface area contributed by atoms with Crippen LogP contribution >= 0.6 is 12.4 Å². The summed E-state index contributed by atoms with van der Waals surface area (Å²) >= 11 is 0. The van der Waals surface area contributed by atoms with Gasteiger partial charge in [0.05, 0.1) is 0 Å². The first kappa shape index (κ1) is 18.1. The quantitative estimate of drug-likeness (QED) is 0.772. The highest BCUT2D eigenvalue weighted by molar-refractivity contribution is 7.87. The summed E-state index contributed by atoms with van der Waals surface area (Å²) in [5.74, 6) is 0. The van der Waals surface area contributed by atoms with Crippen molar-refractivity contribution in [3.63, 3.8) is 0 Å². The van der Waals surface area contributed by atoms with Crippen LogP contribution in [-0.2, 0) is 10.2 Å². The molecule has 0 aromatic carbocycles. The van der Waals surface area contributed by atoms with Crippen LogP contribution in [0.5, 0.6) is 0 Å². The third-order valence-electron chi connectivity index (χ3n) is 3.30. The highest BCUT2D eigenvalue weighted by atomic mass is 35.5. The summed E-state index contributed by atoms with van der Waals surface area (Å²) in [5.41, 5.74) is 0. The molecule has 2 atom stereocenters. The van der Waals surface area contributed by atoms with Gasteiger partial charge in [0.1, 0.15) is 0 Å². The molecule has 1 aliphatic rings. The van der Waals surface area contributed by atoms with Crippen molar-refractivity contribution in [3.8, 4) is 0 Å². The van der Waals surface area contributed by atoms with E-state index in [4.69, 9.17) is 0 Å². The lowest BCUT2D eigenvalue weighted by molar-refractivity contribution is 0.339. The van der Waals surface area contributed by atoms with Crippen LogP contribution in [0.2, 0.25) is 0 Å². The van der Waals surface area contributed by atoms with Gasteiger partial charge in [-0.3, -0.25) is 0 Å². The second-order valence-electron chi connectivity index (χ2n) is 4.79. The van der Waals surface area contributed by atoms with Crippen molar-refractivity contribution in [1.82, 2.24) is 14.3 Å². The zero-order valence-electron chi connectivity index (χ0n) is 11.5. The number of hydrogen-bond donors (Lipinski definition) is 2. The van der Waals surface area contributed by atoms with E-state index in [0.717, 1.165) is 32.2 Å². The molecule has 0 aliphatic carbocycles. The van der Waals surface area contributed by atoms with Crippen LogP contribution in [0, 0.1) is 0 Å². The van der Waals surface area contributed by atoms with E-state index >= 15 is 0 Å². The van der Waals surface area contributed by atoms with E-state index in [9.17, 15) is 8.42 Å². The maximum atomic E-state index is 12.0. The predicted molar refractivity (Wildman–Crippen MR) is 77.3 cm³/mol. The minimum absolute atomic E-state index is 0. The van der Waals surface area contributed by atoms with Crippen molar-refractivity contribution in [3.05, 3.63) is 0 Å². The average Bonchev–Trinajstić information content (AvgIpc) is 2.28. The molecule has 1 fully saturated rings. The largest absolute Gasteiger partial charge is 0.313 e. The lowest BCUT2D eigenvalue weighted by Gasteiger charge is -2.31. The van der Waals surface area contributed by atoms with Crippen LogP contribution in [0.1, 0.15) is 39.5 Å². The van der Waals surface area contributed by atoms with Crippen molar-refractivity contribution in [2.24, 2.45) is 0 Å². The standard InChI is InChI=1S/C11H25N3O2S.ClH/c1-4-5-9-14(3)17(15,16)13-11-7-6-8-12-10(11)2;/h10-13H,4-9H2,1-3H3;1H. The minimum atomic E-state index is -3.32. The number of nitrogens with zero attached hydrogens (tertiary/aromatic N) is 1. The van der Waals surface area contributed by atoms with Gasteiger partial charge < -0.3 is 5.32 Å². The monoisotopic (exact) mass is 299 g/mol. The number of rotatable bonds is 6. The van der Waals surface area contributed by atoms with E-state index in [1.54, 1.807) is 7.05 Å². The summed E-state index contributed by atoms with van der Waals surface area (Å²) in [4.78, 5) is 0. The second-order valence-corrected chi connectivity index (χ2v) is 6.60. The van der Waals surface area contributed by atoms with Crippen molar-refractivity contribution < 1.29 is 8.42 Å². The molecule has 2 unspecified atom stereocenters. The SMILES string of the molecule is CCCCN(C)S(=O)(=O)NC1CCCNC1C.Cl. The van der Waals surface area contributed by atoms with Gasteiger partial charge in [0.25, 0.3) is 10.2 Å². The number of nitrogens with one attached hydrogen (secondary N) is 2. The van der Waals surface area contributed by atoms with Gasteiger partial charge in [0.15, 0.2) is 0 Å². The Morgan fingerprint density at radius 2 is 2.11 bits per heavy atom.